The van der Waals surface area contributed by atoms with E-state index in [1.165, 1.54) is 18.2 Å². The van der Waals surface area contributed by atoms with Crippen molar-refractivity contribution < 1.29 is 23.4 Å². The normalized spacial score (nSPS) is 11.1. The number of aliphatic carboxylic acids is 1. The maximum Gasteiger partial charge on any atom is 0.379 e. The SMILES string of the molecule is O=C(O)C(F)(F)c1ccccc1Oc1ccccc1. The number of benzene rings is 2. The first kappa shape index (κ1) is 13.0. The van der Waals surface area contributed by atoms with E-state index in [9.17, 15) is 13.6 Å². The van der Waals surface area contributed by atoms with E-state index in [0.717, 1.165) is 6.07 Å². The van der Waals surface area contributed by atoms with Gasteiger partial charge in [-0.15, -0.1) is 0 Å². The van der Waals surface area contributed by atoms with Gasteiger partial charge >= 0.3 is 11.9 Å². The van der Waals surface area contributed by atoms with E-state index >= 15 is 0 Å². The molecule has 1 N–H and O–H groups in total. The summed E-state index contributed by atoms with van der Waals surface area (Å²) in [6.45, 7) is 0. The number of carboxylic acids is 1. The van der Waals surface area contributed by atoms with Gasteiger partial charge < -0.3 is 9.84 Å². The van der Waals surface area contributed by atoms with E-state index in [1.807, 2.05) is 0 Å². The first-order chi connectivity index (χ1) is 9.01. The van der Waals surface area contributed by atoms with Crippen LogP contribution in [0.2, 0.25) is 0 Å². The lowest BCUT2D eigenvalue weighted by atomic mass is 10.1. The summed E-state index contributed by atoms with van der Waals surface area (Å²) < 4.78 is 32.4. The van der Waals surface area contributed by atoms with E-state index in [4.69, 9.17) is 9.84 Å². The van der Waals surface area contributed by atoms with Crippen LogP contribution in [0.4, 0.5) is 8.78 Å². The highest BCUT2D eigenvalue weighted by molar-refractivity contribution is 5.78. The predicted octanol–water partition coefficient (Wildman–Crippen LogP) is 3.66. The molecule has 2 rings (SSSR count). The number of carbonyl (C=O) groups is 1. The standard InChI is InChI=1S/C14H10F2O3/c15-14(16,13(17)18)11-8-4-5-9-12(11)19-10-6-2-1-3-7-10/h1-9H,(H,17,18). The van der Waals surface area contributed by atoms with Crippen molar-refractivity contribution in [3.63, 3.8) is 0 Å². The topological polar surface area (TPSA) is 46.5 Å². The van der Waals surface area contributed by atoms with Gasteiger partial charge in [-0.2, -0.15) is 8.78 Å². The van der Waals surface area contributed by atoms with Crippen LogP contribution >= 0.6 is 0 Å². The van der Waals surface area contributed by atoms with Crippen molar-refractivity contribution in [3.05, 3.63) is 60.2 Å². The molecule has 3 nitrogen and oxygen atoms in total. The zero-order chi connectivity index (χ0) is 13.9. The quantitative estimate of drug-likeness (QED) is 0.916. The number of rotatable bonds is 4. The summed E-state index contributed by atoms with van der Waals surface area (Å²) in [7, 11) is 0. The lowest BCUT2D eigenvalue weighted by molar-refractivity contribution is -0.166. The third-order valence-corrected chi connectivity index (χ3v) is 2.46. The molecule has 0 radical (unpaired) electrons. The van der Waals surface area contributed by atoms with Crippen molar-refractivity contribution >= 4 is 5.97 Å². The number of halogens is 2. The Labute approximate surface area is 108 Å². The Morgan fingerprint density at radius 3 is 2.21 bits per heavy atom. The number of hydrogen-bond acceptors (Lipinski definition) is 2. The average molecular weight is 264 g/mol. The summed E-state index contributed by atoms with van der Waals surface area (Å²) in [5, 5.41) is 8.58. The highest BCUT2D eigenvalue weighted by Crippen LogP contribution is 2.37. The molecule has 0 aliphatic rings. The number of carboxylic acid groups (broad SMARTS) is 1. The molecule has 0 aromatic heterocycles. The number of para-hydroxylation sites is 2. The van der Waals surface area contributed by atoms with Crippen LogP contribution in [0, 0.1) is 0 Å². The Morgan fingerprint density at radius 2 is 1.58 bits per heavy atom. The molecule has 0 unspecified atom stereocenters. The van der Waals surface area contributed by atoms with Gasteiger partial charge in [0.1, 0.15) is 11.5 Å². The monoisotopic (exact) mass is 264 g/mol. The first-order valence-electron chi connectivity index (χ1n) is 5.45. The molecule has 0 fully saturated rings. The number of alkyl halides is 2. The van der Waals surface area contributed by atoms with Crippen LogP contribution in [0.15, 0.2) is 54.6 Å². The van der Waals surface area contributed by atoms with E-state index in [-0.39, 0.29) is 5.75 Å². The molecule has 2 aromatic carbocycles. The van der Waals surface area contributed by atoms with Crippen molar-refractivity contribution in [1.29, 1.82) is 0 Å². The molecule has 98 valence electrons. The molecule has 0 bridgehead atoms. The van der Waals surface area contributed by atoms with Gasteiger partial charge in [0.15, 0.2) is 0 Å². The molecular formula is C14H10F2O3. The second-order valence-electron chi connectivity index (χ2n) is 3.79. The minimum Gasteiger partial charge on any atom is -0.477 e. The lowest BCUT2D eigenvalue weighted by Gasteiger charge is -2.16. The van der Waals surface area contributed by atoms with Gasteiger partial charge in [0, 0.05) is 0 Å². The molecule has 0 heterocycles. The van der Waals surface area contributed by atoms with Crippen LogP contribution in [-0.4, -0.2) is 11.1 Å². The van der Waals surface area contributed by atoms with Crippen LogP contribution in [0.1, 0.15) is 5.56 Å². The fourth-order valence-corrected chi connectivity index (χ4v) is 1.55. The van der Waals surface area contributed by atoms with Gasteiger partial charge in [-0.25, -0.2) is 4.79 Å². The van der Waals surface area contributed by atoms with Gasteiger partial charge in [0.2, 0.25) is 0 Å². The van der Waals surface area contributed by atoms with E-state index in [2.05, 4.69) is 0 Å². The molecular weight excluding hydrogens is 254 g/mol. The van der Waals surface area contributed by atoms with Gasteiger partial charge in [-0.3, -0.25) is 0 Å². The zero-order valence-electron chi connectivity index (χ0n) is 9.72. The van der Waals surface area contributed by atoms with Gasteiger partial charge in [0.05, 0.1) is 5.56 Å². The lowest BCUT2D eigenvalue weighted by Crippen LogP contribution is -2.25. The van der Waals surface area contributed by atoms with Crippen LogP contribution in [0.5, 0.6) is 11.5 Å². The maximum absolute atomic E-state index is 13.6. The molecule has 0 saturated heterocycles. The Hall–Kier alpha value is -2.43. The van der Waals surface area contributed by atoms with Crippen molar-refractivity contribution in [1.82, 2.24) is 0 Å². The second-order valence-corrected chi connectivity index (χ2v) is 3.79. The average Bonchev–Trinajstić information content (AvgIpc) is 2.40. The van der Waals surface area contributed by atoms with Crippen LogP contribution < -0.4 is 4.74 Å². The second kappa shape index (κ2) is 5.06. The van der Waals surface area contributed by atoms with E-state index in [0.29, 0.717) is 5.75 Å². The Kier molecular flexibility index (Phi) is 3.46. The van der Waals surface area contributed by atoms with Crippen molar-refractivity contribution in [3.8, 4) is 11.5 Å². The predicted molar refractivity (Wildman–Crippen MR) is 64.5 cm³/mol. The van der Waals surface area contributed by atoms with Gasteiger partial charge in [0.25, 0.3) is 0 Å². The van der Waals surface area contributed by atoms with Crippen LogP contribution in [0.3, 0.4) is 0 Å². The third-order valence-electron chi connectivity index (χ3n) is 2.46. The summed E-state index contributed by atoms with van der Waals surface area (Å²) in [5.41, 5.74) is -0.675. The molecule has 0 saturated carbocycles. The minimum atomic E-state index is -3.99. The molecule has 0 amide bonds. The van der Waals surface area contributed by atoms with Gasteiger partial charge in [-0.05, 0) is 24.3 Å². The summed E-state index contributed by atoms with van der Waals surface area (Å²) >= 11 is 0. The largest absolute Gasteiger partial charge is 0.477 e. The highest BCUT2D eigenvalue weighted by atomic mass is 19.3. The van der Waals surface area contributed by atoms with Crippen LogP contribution in [0.25, 0.3) is 0 Å². The molecule has 19 heavy (non-hydrogen) atoms. The minimum absolute atomic E-state index is 0.180. The molecule has 5 heteroatoms. The van der Waals surface area contributed by atoms with Crippen molar-refractivity contribution in [2.45, 2.75) is 5.92 Å². The zero-order valence-corrected chi connectivity index (χ0v) is 9.72. The summed E-state index contributed by atoms with van der Waals surface area (Å²) in [5.74, 6) is -6.03. The summed E-state index contributed by atoms with van der Waals surface area (Å²) in [4.78, 5) is 10.6. The summed E-state index contributed by atoms with van der Waals surface area (Å²) in [6.07, 6.45) is 0. The molecule has 0 atom stereocenters. The van der Waals surface area contributed by atoms with Crippen molar-refractivity contribution in [2.24, 2.45) is 0 Å². The van der Waals surface area contributed by atoms with Crippen LogP contribution in [-0.2, 0) is 10.7 Å². The molecule has 2 aromatic rings. The highest BCUT2D eigenvalue weighted by Gasteiger charge is 2.43. The first-order valence-corrected chi connectivity index (χ1v) is 5.45. The van der Waals surface area contributed by atoms with E-state index in [1.54, 1.807) is 30.3 Å². The summed E-state index contributed by atoms with van der Waals surface area (Å²) in [6, 6.07) is 13.5. The Bertz CT molecular complexity index is 582. The fourth-order valence-electron chi connectivity index (χ4n) is 1.55. The number of hydrogen-bond donors (Lipinski definition) is 1. The molecule has 0 spiro atoms. The Morgan fingerprint density at radius 1 is 1.00 bits per heavy atom. The van der Waals surface area contributed by atoms with Gasteiger partial charge in [-0.1, -0.05) is 30.3 Å². The third kappa shape index (κ3) is 2.70. The fraction of sp³-hybridized carbons (Fsp3) is 0.0714. The van der Waals surface area contributed by atoms with Crippen molar-refractivity contribution in [2.75, 3.05) is 0 Å². The Balaban J connectivity index is 2.40. The maximum atomic E-state index is 13.6. The van der Waals surface area contributed by atoms with E-state index < -0.39 is 17.5 Å². The molecule has 0 aliphatic heterocycles. The number of ether oxygens (including phenoxy) is 1. The molecule has 0 aliphatic carbocycles. The smallest absolute Gasteiger partial charge is 0.379 e.